The van der Waals surface area contributed by atoms with Gasteiger partial charge in [0.05, 0.1) is 5.69 Å². The van der Waals surface area contributed by atoms with Crippen LogP contribution in [0.5, 0.6) is 0 Å². The van der Waals surface area contributed by atoms with E-state index in [1.807, 2.05) is 6.92 Å². The molecule has 2 rings (SSSR count). The second-order valence-electron chi connectivity index (χ2n) is 5.84. The number of nitrogens with two attached hydrogens (primary N) is 1. The maximum atomic E-state index is 12.5. The molecule has 3 N–H and O–H groups in total. The van der Waals surface area contributed by atoms with Gasteiger partial charge in [-0.3, -0.25) is 9.89 Å². The zero-order chi connectivity index (χ0) is 15.8. The smallest absolute Gasteiger partial charge is 0.275 e. The van der Waals surface area contributed by atoms with Crippen LogP contribution in [0.25, 0.3) is 0 Å². The number of rotatable bonds is 4. The molecule has 1 fully saturated rings. The molecule has 1 aromatic heterocycles. The monoisotopic (exact) mass is 314 g/mol. The van der Waals surface area contributed by atoms with Gasteiger partial charge in [-0.2, -0.15) is 5.10 Å². The fourth-order valence-electron chi connectivity index (χ4n) is 2.68. The lowest BCUT2D eigenvalue weighted by molar-refractivity contribution is 0.0775. The van der Waals surface area contributed by atoms with E-state index in [2.05, 4.69) is 24.0 Å². The van der Waals surface area contributed by atoms with Gasteiger partial charge < -0.3 is 4.90 Å². The summed E-state index contributed by atoms with van der Waals surface area (Å²) in [6, 6.07) is 0. The van der Waals surface area contributed by atoms with Crippen LogP contribution in [-0.4, -0.2) is 42.5 Å². The summed E-state index contributed by atoms with van der Waals surface area (Å²) in [7, 11) is -3.99. The Kier molecular flexibility index (Phi) is 4.38. The summed E-state index contributed by atoms with van der Waals surface area (Å²) in [5.74, 6) is 0.413. The summed E-state index contributed by atoms with van der Waals surface area (Å²) in [6.07, 6.45) is 1.22. The lowest BCUT2D eigenvalue weighted by Gasteiger charge is -2.15. The molecule has 1 saturated heterocycles. The molecule has 0 aromatic carbocycles. The molecular weight excluding hydrogens is 292 g/mol. The molecule has 0 radical (unpaired) electrons. The Morgan fingerprint density at radius 3 is 2.43 bits per heavy atom. The van der Waals surface area contributed by atoms with Gasteiger partial charge in [-0.15, -0.1) is 0 Å². The maximum Gasteiger partial charge on any atom is 0.275 e. The summed E-state index contributed by atoms with van der Waals surface area (Å²) in [5, 5.41) is 11.8. The number of nitrogens with zero attached hydrogens (tertiary/aromatic N) is 2. The van der Waals surface area contributed by atoms with Gasteiger partial charge >= 0.3 is 0 Å². The molecule has 0 aliphatic carbocycles. The Morgan fingerprint density at radius 1 is 1.38 bits per heavy atom. The molecule has 0 spiro atoms. The number of aromatic nitrogens is 2. The summed E-state index contributed by atoms with van der Waals surface area (Å²) < 4.78 is 23.6. The number of sulfonamides is 1. The quantitative estimate of drug-likeness (QED) is 0.854. The molecule has 0 saturated carbocycles. The van der Waals surface area contributed by atoms with Crippen molar-refractivity contribution >= 4 is 15.9 Å². The number of aromatic amines is 1. The SMILES string of the molecule is CCCc1[nH]nc(C(=O)N2CC(C)C(C)C2)c1S(N)(=O)=O. The number of nitrogens with one attached hydrogen (secondary N) is 1. The molecule has 21 heavy (non-hydrogen) atoms. The molecule has 1 aliphatic rings. The van der Waals surface area contributed by atoms with Crippen LogP contribution in [0.15, 0.2) is 4.90 Å². The van der Waals surface area contributed by atoms with Gasteiger partial charge in [-0.25, -0.2) is 13.6 Å². The van der Waals surface area contributed by atoms with E-state index in [4.69, 9.17) is 5.14 Å². The van der Waals surface area contributed by atoms with Gasteiger partial charge in [-0.05, 0) is 18.3 Å². The van der Waals surface area contributed by atoms with Crippen molar-refractivity contribution in [2.45, 2.75) is 38.5 Å². The number of carbonyl (C=O) groups is 1. The van der Waals surface area contributed by atoms with Crippen molar-refractivity contribution in [3.8, 4) is 0 Å². The van der Waals surface area contributed by atoms with Crippen LogP contribution < -0.4 is 5.14 Å². The van der Waals surface area contributed by atoms with Gasteiger partial charge in [0.15, 0.2) is 5.69 Å². The first-order valence-corrected chi connectivity index (χ1v) is 8.69. The predicted octanol–water partition coefficient (Wildman–Crippen LogP) is 0.738. The standard InChI is InChI=1S/C13H22N4O3S/c1-4-5-10-12(21(14,19)20)11(16-15-10)13(18)17-6-8(2)9(3)7-17/h8-9H,4-7H2,1-3H3,(H,15,16)(H2,14,19,20). The Morgan fingerprint density at radius 2 is 1.95 bits per heavy atom. The van der Waals surface area contributed by atoms with E-state index in [1.54, 1.807) is 4.90 Å². The number of carbonyl (C=O) groups excluding carboxylic acids is 1. The first-order chi connectivity index (χ1) is 9.75. The van der Waals surface area contributed by atoms with Crippen molar-refractivity contribution in [1.82, 2.24) is 15.1 Å². The van der Waals surface area contributed by atoms with Crippen molar-refractivity contribution in [1.29, 1.82) is 0 Å². The highest BCUT2D eigenvalue weighted by atomic mass is 32.2. The lowest BCUT2D eigenvalue weighted by Crippen LogP contribution is -2.31. The van der Waals surface area contributed by atoms with Gasteiger partial charge in [0, 0.05) is 13.1 Å². The zero-order valence-corrected chi connectivity index (χ0v) is 13.4. The minimum Gasteiger partial charge on any atom is -0.337 e. The Bertz CT molecular complexity index is 628. The van der Waals surface area contributed by atoms with Crippen LogP contribution >= 0.6 is 0 Å². The number of hydrogen-bond acceptors (Lipinski definition) is 4. The van der Waals surface area contributed by atoms with Crippen LogP contribution in [0.1, 0.15) is 43.4 Å². The molecular formula is C13H22N4O3S. The van der Waals surface area contributed by atoms with E-state index in [-0.39, 0.29) is 16.5 Å². The van der Waals surface area contributed by atoms with E-state index in [0.717, 1.165) is 6.42 Å². The number of hydrogen-bond donors (Lipinski definition) is 2. The third-order valence-corrected chi connectivity index (χ3v) is 5.06. The van der Waals surface area contributed by atoms with E-state index < -0.39 is 10.0 Å². The number of likely N-dealkylation sites (tertiary alicyclic amines) is 1. The highest BCUT2D eigenvalue weighted by Gasteiger charge is 2.35. The van der Waals surface area contributed by atoms with Crippen LogP contribution in [0.3, 0.4) is 0 Å². The number of H-pyrrole nitrogens is 1. The molecule has 8 heteroatoms. The van der Waals surface area contributed by atoms with Crippen LogP contribution in [-0.2, 0) is 16.4 Å². The van der Waals surface area contributed by atoms with E-state index in [1.165, 1.54) is 0 Å². The molecule has 1 aliphatic heterocycles. The zero-order valence-electron chi connectivity index (χ0n) is 12.6. The fraction of sp³-hybridized carbons (Fsp3) is 0.692. The van der Waals surface area contributed by atoms with Crippen LogP contribution in [0.2, 0.25) is 0 Å². The first kappa shape index (κ1) is 16.0. The highest BCUT2D eigenvalue weighted by Crippen LogP contribution is 2.26. The largest absolute Gasteiger partial charge is 0.337 e. The van der Waals surface area contributed by atoms with E-state index >= 15 is 0 Å². The van der Waals surface area contributed by atoms with Crippen molar-refractivity contribution in [2.75, 3.05) is 13.1 Å². The average Bonchev–Trinajstić information content (AvgIpc) is 2.93. The highest BCUT2D eigenvalue weighted by molar-refractivity contribution is 7.89. The minimum atomic E-state index is -3.99. The average molecular weight is 314 g/mol. The van der Waals surface area contributed by atoms with E-state index in [0.29, 0.717) is 37.0 Å². The summed E-state index contributed by atoms with van der Waals surface area (Å²) in [6.45, 7) is 7.29. The molecule has 7 nitrogen and oxygen atoms in total. The van der Waals surface area contributed by atoms with Crippen molar-refractivity contribution in [2.24, 2.45) is 17.0 Å². The predicted molar refractivity (Wildman–Crippen MR) is 78.2 cm³/mol. The van der Waals surface area contributed by atoms with E-state index in [9.17, 15) is 13.2 Å². The molecule has 2 atom stereocenters. The van der Waals surface area contributed by atoms with Gasteiger partial charge in [-0.1, -0.05) is 27.2 Å². The minimum absolute atomic E-state index is 0.0812. The normalized spacial score (nSPS) is 22.8. The third-order valence-electron chi connectivity index (χ3n) is 4.05. The third kappa shape index (κ3) is 3.11. The number of amides is 1. The number of aryl methyl sites for hydroxylation is 1. The lowest BCUT2D eigenvalue weighted by atomic mass is 10.0. The topological polar surface area (TPSA) is 109 Å². The molecule has 118 valence electrons. The Labute approximate surface area is 124 Å². The summed E-state index contributed by atoms with van der Waals surface area (Å²) >= 11 is 0. The molecule has 1 aromatic rings. The summed E-state index contributed by atoms with van der Waals surface area (Å²) in [5.41, 5.74) is 0.325. The fourth-order valence-corrected chi connectivity index (χ4v) is 3.58. The van der Waals surface area contributed by atoms with Crippen molar-refractivity contribution < 1.29 is 13.2 Å². The molecule has 2 unspecified atom stereocenters. The number of primary sulfonamides is 1. The second-order valence-corrected chi connectivity index (χ2v) is 7.34. The maximum absolute atomic E-state index is 12.5. The van der Waals surface area contributed by atoms with Gasteiger partial charge in [0.25, 0.3) is 5.91 Å². The molecule has 1 amide bonds. The van der Waals surface area contributed by atoms with Crippen LogP contribution in [0.4, 0.5) is 0 Å². The van der Waals surface area contributed by atoms with Gasteiger partial charge in [0.2, 0.25) is 10.0 Å². The molecule has 2 heterocycles. The Balaban J connectivity index is 2.38. The van der Waals surface area contributed by atoms with Crippen molar-refractivity contribution in [3.05, 3.63) is 11.4 Å². The molecule has 0 bridgehead atoms. The first-order valence-electron chi connectivity index (χ1n) is 7.15. The van der Waals surface area contributed by atoms with Crippen LogP contribution in [0, 0.1) is 11.8 Å². The van der Waals surface area contributed by atoms with Crippen molar-refractivity contribution in [3.63, 3.8) is 0 Å². The second kappa shape index (κ2) is 5.76. The Hall–Kier alpha value is -1.41. The van der Waals surface area contributed by atoms with Gasteiger partial charge in [0.1, 0.15) is 4.90 Å². The summed E-state index contributed by atoms with van der Waals surface area (Å²) in [4.78, 5) is 14.0.